The third-order valence-electron chi connectivity index (χ3n) is 6.30. The number of aromatic hydroxyl groups is 1. The summed E-state index contributed by atoms with van der Waals surface area (Å²) in [4.78, 5) is 47.2. The third kappa shape index (κ3) is 9.44. The van der Waals surface area contributed by atoms with Crippen molar-refractivity contribution in [3.63, 3.8) is 0 Å². The number of hydrogen-bond donors (Lipinski definition) is 5. The molecule has 0 fully saturated rings. The number of phenolic OH excluding ortho intramolecular Hbond substituents is 1. The molecule has 0 aliphatic carbocycles. The first kappa shape index (κ1) is 31.8. The number of hydrogen-bond acceptors (Lipinski definition) is 10. The van der Waals surface area contributed by atoms with E-state index in [2.05, 4.69) is 25.9 Å². The van der Waals surface area contributed by atoms with Crippen LogP contribution in [0.25, 0.3) is 0 Å². The van der Waals surface area contributed by atoms with Crippen LogP contribution in [-0.4, -0.2) is 72.3 Å². The standard InChI is InChI=1S/C30H38N6O6/c1-19-26(20(2)35-30(34-19)32-14-6-9-21-8-4-11-23(37)16-21)28(39)36-25(29(40)41-3)18-33-27(38)22-10-5-12-24(17-22)42-15-7-13-31/h4-5,8,10-12,16-17,25,37H,6-7,9,13-15,18,31H2,1-3H3,(H,33,38)(H,36,39)(H,32,34,35)/t25-/m0/s1. The van der Waals surface area contributed by atoms with Gasteiger partial charge in [-0.1, -0.05) is 18.2 Å². The van der Waals surface area contributed by atoms with E-state index in [0.717, 1.165) is 18.4 Å². The Labute approximate surface area is 245 Å². The molecule has 42 heavy (non-hydrogen) atoms. The topological polar surface area (TPSA) is 178 Å². The van der Waals surface area contributed by atoms with Gasteiger partial charge in [0.1, 0.15) is 17.5 Å². The number of phenols is 1. The first-order chi connectivity index (χ1) is 20.2. The van der Waals surface area contributed by atoms with Gasteiger partial charge in [-0.3, -0.25) is 9.59 Å². The van der Waals surface area contributed by atoms with Gasteiger partial charge in [-0.25, -0.2) is 14.8 Å². The minimum atomic E-state index is -1.15. The highest BCUT2D eigenvalue weighted by Gasteiger charge is 2.26. The summed E-state index contributed by atoms with van der Waals surface area (Å²) in [6.45, 7) is 4.67. The summed E-state index contributed by atoms with van der Waals surface area (Å²) in [7, 11) is 1.20. The summed E-state index contributed by atoms with van der Waals surface area (Å²) in [5.41, 5.74) is 7.92. The molecule has 0 spiro atoms. The predicted molar refractivity (Wildman–Crippen MR) is 158 cm³/mol. The number of nitrogens with two attached hydrogens (primary N) is 1. The highest BCUT2D eigenvalue weighted by Crippen LogP contribution is 2.16. The minimum Gasteiger partial charge on any atom is -0.508 e. The maximum Gasteiger partial charge on any atom is 0.330 e. The molecular formula is C30H38N6O6. The van der Waals surface area contributed by atoms with Crippen molar-refractivity contribution in [2.24, 2.45) is 5.73 Å². The lowest BCUT2D eigenvalue weighted by atomic mass is 10.1. The van der Waals surface area contributed by atoms with Crippen LogP contribution >= 0.6 is 0 Å². The van der Waals surface area contributed by atoms with Crippen LogP contribution in [0.2, 0.25) is 0 Å². The Hall–Kier alpha value is -4.71. The summed E-state index contributed by atoms with van der Waals surface area (Å²) < 4.78 is 10.4. The zero-order valence-corrected chi connectivity index (χ0v) is 24.1. The number of benzene rings is 2. The van der Waals surface area contributed by atoms with Crippen molar-refractivity contribution in [1.29, 1.82) is 0 Å². The van der Waals surface area contributed by atoms with Crippen LogP contribution < -0.4 is 26.4 Å². The molecule has 3 rings (SSSR count). The molecule has 224 valence electrons. The van der Waals surface area contributed by atoms with E-state index in [4.69, 9.17) is 15.2 Å². The van der Waals surface area contributed by atoms with E-state index >= 15 is 0 Å². The number of ether oxygens (including phenoxy) is 2. The number of amides is 2. The van der Waals surface area contributed by atoms with Gasteiger partial charge in [0.15, 0.2) is 0 Å². The summed E-state index contributed by atoms with van der Waals surface area (Å²) >= 11 is 0. The van der Waals surface area contributed by atoms with Crippen molar-refractivity contribution in [3.05, 3.63) is 76.6 Å². The fraction of sp³-hybridized carbons (Fsp3) is 0.367. The Kier molecular flexibility index (Phi) is 12.1. The van der Waals surface area contributed by atoms with Gasteiger partial charge >= 0.3 is 5.97 Å². The smallest absolute Gasteiger partial charge is 0.330 e. The fourth-order valence-corrected chi connectivity index (χ4v) is 4.19. The number of nitrogens with one attached hydrogen (secondary N) is 3. The maximum atomic E-state index is 13.2. The van der Waals surface area contributed by atoms with Crippen molar-refractivity contribution in [3.8, 4) is 11.5 Å². The zero-order valence-electron chi connectivity index (χ0n) is 24.1. The van der Waals surface area contributed by atoms with E-state index < -0.39 is 23.8 Å². The summed E-state index contributed by atoms with van der Waals surface area (Å²) in [6.07, 6.45) is 2.23. The second-order valence-corrected chi connectivity index (χ2v) is 9.57. The molecule has 0 radical (unpaired) electrons. The Morgan fingerprint density at radius 1 is 1.00 bits per heavy atom. The number of aryl methyl sites for hydroxylation is 3. The molecule has 0 bridgehead atoms. The van der Waals surface area contributed by atoms with Gasteiger partial charge in [-0.15, -0.1) is 0 Å². The molecule has 2 aromatic carbocycles. The van der Waals surface area contributed by atoms with Gasteiger partial charge in [-0.05, 0) is 75.5 Å². The van der Waals surface area contributed by atoms with Crippen LogP contribution in [0.15, 0.2) is 48.5 Å². The number of nitrogens with zero attached hydrogens (tertiary/aromatic N) is 2. The van der Waals surface area contributed by atoms with Crippen LogP contribution in [0, 0.1) is 13.8 Å². The lowest BCUT2D eigenvalue weighted by Gasteiger charge is -2.19. The molecule has 1 heterocycles. The number of carbonyl (C=O) groups excluding carboxylic acids is 3. The van der Waals surface area contributed by atoms with Gasteiger partial charge in [0.05, 0.1) is 30.7 Å². The molecule has 12 nitrogen and oxygen atoms in total. The van der Waals surface area contributed by atoms with Crippen LogP contribution in [0.3, 0.4) is 0 Å². The van der Waals surface area contributed by atoms with E-state index in [1.54, 1.807) is 56.3 Å². The number of anilines is 1. The molecule has 6 N–H and O–H groups in total. The lowest BCUT2D eigenvalue weighted by Crippen LogP contribution is -2.49. The molecule has 1 atom stereocenters. The molecule has 0 saturated heterocycles. The number of rotatable bonds is 15. The molecule has 0 saturated carbocycles. The first-order valence-electron chi connectivity index (χ1n) is 13.7. The lowest BCUT2D eigenvalue weighted by molar-refractivity contribution is -0.142. The van der Waals surface area contributed by atoms with Crippen molar-refractivity contribution in [1.82, 2.24) is 20.6 Å². The highest BCUT2D eigenvalue weighted by atomic mass is 16.5. The Bertz CT molecular complexity index is 1360. The number of methoxy groups -OCH3 is 1. The second kappa shape index (κ2) is 15.9. The summed E-state index contributed by atoms with van der Waals surface area (Å²) in [6, 6.07) is 12.6. The van der Waals surface area contributed by atoms with Gasteiger partial charge in [0, 0.05) is 18.7 Å². The molecule has 0 aliphatic rings. The number of aromatic nitrogens is 2. The van der Waals surface area contributed by atoms with Crippen LogP contribution in [0.5, 0.6) is 11.5 Å². The predicted octanol–water partition coefficient (Wildman–Crippen LogP) is 2.27. The van der Waals surface area contributed by atoms with Crippen molar-refractivity contribution >= 4 is 23.7 Å². The second-order valence-electron chi connectivity index (χ2n) is 9.57. The van der Waals surface area contributed by atoms with Crippen LogP contribution in [0.1, 0.15) is 50.5 Å². The first-order valence-corrected chi connectivity index (χ1v) is 13.7. The van der Waals surface area contributed by atoms with Gasteiger partial charge in [0.2, 0.25) is 5.95 Å². The van der Waals surface area contributed by atoms with Gasteiger partial charge in [-0.2, -0.15) is 0 Å². The molecule has 1 aromatic heterocycles. The molecule has 3 aromatic rings. The van der Waals surface area contributed by atoms with E-state index in [1.165, 1.54) is 7.11 Å². The highest BCUT2D eigenvalue weighted by molar-refractivity contribution is 5.99. The average molecular weight is 579 g/mol. The quantitative estimate of drug-likeness (QED) is 0.133. The molecule has 2 amide bonds. The van der Waals surface area contributed by atoms with Crippen molar-refractivity contribution in [2.45, 2.75) is 39.2 Å². The molecule has 0 unspecified atom stereocenters. The van der Waals surface area contributed by atoms with Crippen LogP contribution in [-0.2, 0) is 16.0 Å². The normalized spacial score (nSPS) is 11.3. The molecule has 0 aliphatic heterocycles. The Morgan fingerprint density at radius 2 is 1.74 bits per heavy atom. The van der Waals surface area contributed by atoms with E-state index in [9.17, 15) is 19.5 Å². The number of carbonyl (C=O) groups is 3. The Morgan fingerprint density at radius 3 is 2.43 bits per heavy atom. The number of esters is 1. The van der Waals surface area contributed by atoms with E-state index in [1.807, 2.05) is 6.07 Å². The molecular weight excluding hydrogens is 540 g/mol. The Balaban J connectivity index is 1.59. The zero-order chi connectivity index (χ0) is 30.5. The monoisotopic (exact) mass is 578 g/mol. The summed E-state index contributed by atoms with van der Waals surface area (Å²) in [5.74, 6) is -0.602. The SMILES string of the molecule is COC(=O)[C@H](CNC(=O)c1cccc(OCCCN)c1)NC(=O)c1c(C)nc(NCCCc2cccc(O)c2)nc1C. The average Bonchev–Trinajstić information content (AvgIpc) is 2.97. The van der Waals surface area contributed by atoms with Gasteiger partial charge < -0.3 is 36.3 Å². The van der Waals surface area contributed by atoms with Crippen molar-refractivity contribution in [2.75, 3.05) is 38.7 Å². The van der Waals surface area contributed by atoms with E-state index in [-0.39, 0.29) is 17.9 Å². The fourth-order valence-electron chi connectivity index (χ4n) is 4.19. The van der Waals surface area contributed by atoms with Gasteiger partial charge in [0.25, 0.3) is 11.8 Å². The van der Waals surface area contributed by atoms with Crippen LogP contribution in [0.4, 0.5) is 5.95 Å². The minimum absolute atomic E-state index is 0.201. The van der Waals surface area contributed by atoms with Crippen molar-refractivity contribution < 1.29 is 29.0 Å². The third-order valence-corrected chi connectivity index (χ3v) is 6.30. The summed E-state index contributed by atoms with van der Waals surface area (Å²) in [5, 5.41) is 18.0. The van der Waals surface area contributed by atoms with E-state index in [0.29, 0.717) is 54.8 Å². The molecule has 12 heteroatoms. The largest absolute Gasteiger partial charge is 0.508 e. The maximum absolute atomic E-state index is 13.2.